The number of rotatable bonds is 5. The van der Waals surface area contributed by atoms with Crippen LogP contribution in [0.3, 0.4) is 0 Å². The Morgan fingerprint density at radius 1 is 1.64 bits per heavy atom. The van der Waals surface area contributed by atoms with Crippen LogP contribution in [0.25, 0.3) is 0 Å². The van der Waals surface area contributed by atoms with Crippen molar-refractivity contribution in [3.05, 3.63) is 0 Å². The first-order valence-corrected chi connectivity index (χ1v) is 3.86. The maximum atomic E-state index is 10.2. The minimum absolute atomic E-state index is 0.229. The van der Waals surface area contributed by atoms with Crippen molar-refractivity contribution in [2.45, 2.75) is 26.3 Å². The molecule has 11 heavy (non-hydrogen) atoms. The molecule has 0 spiro atoms. The lowest BCUT2D eigenvalue weighted by Gasteiger charge is -2.14. The van der Waals surface area contributed by atoms with Gasteiger partial charge in [-0.15, -0.1) is 0 Å². The lowest BCUT2D eigenvalue weighted by atomic mass is 10.2. The van der Waals surface area contributed by atoms with Crippen LogP contribution in [0.15, 0.2) is 0 Å². The third kappa shape index (κ3) is 5.66. The van der Waals surface area contributed by atoms with Crippen molar-refractivity contribution in [3.63, 3.8) is 0 Å². The summed E-state index contributed by atoms with van der Waals surface area (Å²) in [7, 11) is 0. The zero-order valence-corrected chi connectivity index (χ0v) is 7.09. The van der Waals surface area contributed by atoms with E-state index in [1.807, 2.05) is 13.8 Å². The van der Waals surface area contributed by atoms with Gasteiger partial charge in [0.15, 0.2) is 0 Å². The Bertz CT molecular complexity index is 117. The molecule has 0 saturated heterocycles. The fourth-order valence-electron chi connectivity index (χ4n) is 0.793. The summed E-state index contributed by atoms with van der Waals surface area (Å²) in [5.41, 5.74) is 4.80. The molecule has 1 atom stereocenters. The van der Waals surface area contributed by atoms with Crippen LogP contribution in [0.4, 0.5) is 4.79 Å². The number of hydrogen-bond acceptors (Lipinski definition) is 3. The van der Waals surface area contributed by atoms with Gasteiger partial charge in [0.2, 0.25) is 0 Å². The van der Waals surface area contributed by atoms with Crippen LogP contribution in [0.1, 0.15) is 20.3 Å². The van der Waals surface area contributed by atoms with Crippen molar-refractivity contribution in [2.24, 2.45) is 5.73 Å². The SMILES string of the molecule is CCNC(CC)COC(N)=O. The van der Waals surface area contributed by atoms with Crippen LogP contribution in [0.5, 0.6) is 0 Å². The van der Waals surface area contributed by atoms with E-state index in [4.69, 9.17) is 5.73 Å². The molecule has 0 saturated carbocycles. The van der Waals surface area contributed by atoms with Crippen molar-refractivity contribution in [1.82, 2.24) is 5.32 Å². The van der Waals surface area contributed by atoms with E-state index < -0.39 is 6.09 Å². The summed E-state index contributed by atoms with van der Waals surface area (Å²) in [6.07, 6.45) is 0.225. The lowest BCUT2D eigenvalue weighted by molar-refractivity contribution is 0.143. The van der Waals surface area contributed by atoms with E-state index in [0.717, 1.165) is 13.0 Å². The standard InChI is InChI=1S/C7H16N2O2/c1-3-6(9-4-2)5-11-7(8)10/h6,9H,3-5H2,1-2H3,(H2,8,10). The first-order valence-electron chi connectivity index (χ1n) is 3.86. The molecule has 0 aromatic rings. The zero-order valence-electron chi connectivity index (χ0n) is 7.09. The van der Waals surface area contributed by atoms with Gasteiger partial charge in [0.25, 0.3) is 0 Å². The molecule has 0 aromatic heterocycles. The third-order valence-electron chi connectivity index (χ3n) is 1.41. The van der Waals surface area contributed by atoms with Gasteiger partial charge >= 0.3 is 6.09 Å². The molecule has 0 aliphatic heterocycles. The van der Waals surface area contributed by atoms with E-state index in [0.29, 0.717) is 6.61 Å². The number of amides is 1. The molecule has 0 aromatic carbocycles. The molecule has 0 aliphatic rings. The van der Waals surface area contributed by atoms with Crippen LogP contribution in [-0.4, -0.2) is 25.3 Å². The van der Waals surface area contributed by atoms with Crippen molar-refractivity contribution < 1.29 is 9.53 Å². The minimum atomic E-state index is -0.707. The third-order valence-corrected chi connectivity index (χ3v) is 1.41. The highest BCUT2D eigenvalue weighted by molar-refractivity contribution is 5.64. The van der Waals surface area contributed by atoms with Gasteiger partial charge in [-0.25, -0.2) is 4.79 Å². The Balaban J connectivity index is 3.43. The van der Waals surface area contributed by atoms with E-state index in [9.17, 15) is 4.79 Å². The van der Waals surface area contributed by atoms with Gasteiger partial charge in [0.1, 0.15) is 6.61 Å². The summed E-state index contributed by atoms with van der Waals surface area (Å²) in [6.45, 7) is 5.27. The topological polar surface area (TPSA) is 64.3 Å². The normalized spacial score (nSPS) is 12.5. The van der Waals surface area contributed by atoms with Gasteiger partial charge in [-0.3, -0.25) is 0 Å². The monoisotopic (exact) mass is 160 g/mol. The molecule has 0 rings (SSSR count). The number of primary amides is 1. The van der Waals surface area contributed by atoms with Gasteiger partial charge in [-0.2, -0.15) is 0 Å². The zero-order chi connectivity index (χ0) is 8.69. The number of carbonyl (C=O) groups excluding carboxylic acids is 1. The molecular formula is C7H16N2O2. The smallest absolute Gasteiger partial charge is 0.404 e. The number of carbonyl (C=O) groups is 1. The summed E-state index contributed by atoms with van der Waals surface area (Å²) < 4.78 is 4.62. The molecule has 4 nitrogen and oxygen atoms in total. The number of ether oxygens (including phenoxy) is 1. The largest absolute Gasteiger partial charge is 0.448 e. The van der Waals surface area contributed by atoms with E-state index >= 15 is 0 Å². The second kappa shape index (κ2) is 5.97. The highest BCUT2D eigenvalue weighted by Gasteiger charge is 2.05. The van der Waals surface area contributed by atoms with Crippen LogP contribution in [-0.2, 0) is 4.74 Å². The Morgan fingerprint density at radius 2 is 2.27 bits per heavy atom. The van der Waals surface area contributed by atoms with Crippen LogP contribution < -0.4 is 11.1 Å². The number of nitrogens with two attached hydrogens (primary N) is 1. The Kier molecular flexibility index (Phi) is 5.56. The maximum Gasteiger partial charge on any atom is 0.404 e. The molecule has 66 valence electrons. The number of likely N-dealkylation sites (N-methyl/N-ethyl adjacent to an activating group) is 1. The summed E-state index contributed by atoms with van der Waals surface area (Å²) in [5.74, 6) is 0. The molecule has 0 aliphatic carbocycles. The van der Waals surface area contributed by atoms with Crippen molar-refractivity contribution in [3.8, 4) is 0 Å². The lowest BCUT2D eigenvalue weighted by Crippen LogP contribution is -2.34. The summed E-state index contributed by atoms with van der Waals surface area (Å²) in [6, 6.07) is 0.229. The Labute approximate surface area is 67.1 Å². The molecule has 1 unspecified atom stereocenters. The second-order valence-electron chi connectivity index (χ2n) is 2.29. The van der Waals surface area contributed by atoms with Crippen molar-refractivity contribution in [1.29, 1.82) is 0 Å². The van der Waals surface area contributed by atoms with Crippen LogP contribution >= 0.6 is 0 Å². The van der Waals surface area contributed by atoms with Gasteiger partial charge in [-0.1, -0.05) is 13.8 Å². The predicted molar refractivity (Wildman–Crippen MR) is 43.3 cm³/mol. The van der Waals surface area contributed by atoms with E-state index in [-0.39, 0.29) is 6.04 Å². The first kappa shape index (κ1) is 10.2. The molecule has 0 fully saturated rings. The van der Waals surface area contributed by atoms with Crippen molar-refractivity contribution in [2.75, 3.05) is 13.2 Å². The number of nitrogens with one attached hydrogen (secondary N) is 1. The highest BCUT2D eigenvalue weighted by atomic mass is 16.5. The van der Waals surface area contributed by atoms with E-state index in [2.05, 4.69) is 10.1 Å². The molecule has 1 amide bonds. The molecule has 4 heteroatoms. The average molecular weight is 160 g/mol. The summed E-state index contributed by atoms with van der Waals surface area (Å²) in [5, 5.41) is 3.15. The summed E-state index contributed by atoms with van der Waals surface area (Å²) >= 11 is 0. The molecule has 0 radical (unpaired) electrons. The quantitative estimate of drug-likeness (QED) is 0.614. The summed E-state index contributed by atoms with van der Waals surface area (Å²) in [4.78, 5) is 10.2. The predicted octanol–water partition coefficient (Wildman–Crippen LogP) is 0.470. The van der Waals surface area contributed by atoms with Gasteiger partial charge < -0.3 is 15.8 Å². The van der Waals surface area contributed by atoms with Crippen LogP contribution in [0, 0.1) is 0 Å². The molecule has 0 bridgehead atoms. The van der Waals surface area contributed by atoms with Gasteiger partial charge in [0, 0.05) is 6.04 Å². The number of hydrogen-bond donors (Lipinski definition) is 2. The van der Waals surface area contributed by atoms with Gasteiger partial charge in [0.05, 0.1) is 0 Å². The van der Waals surface area contributed by atoms with Gasteiger partial charge in [-0.05, 0) is 13.0 Å². The fourth-order valence-corrected chi connectivity index (χ4v) is 0.793. The Hall–Kier alpha value is -0.770. The molecular weight excluding hydrogens is 144 g/mol. The van der Waals surface area contributed by atoms with E-state index in [1.165, 1.54) is 0 Å². The minimum Gasteiger partial charge on any atom is -0.448 e. The fraction of sp³-hybridized carbons (Fsp3) is 0.857. The second-order valence-corrected chi connectivity index (χ2v) is 2.29. The van der Waals surface area contributed by atoms with E-state index in [1.54, 1.807) is 0 Å². The van der Waals surface area contributed by atoms with Crippen molar-refractivity contribution >= 4 is 6.09 Å². The maximum absolute atomic E-state index is 10.2. The molecule has 0 heterocycles. The Morgan fingerprint density at radius 3 is 2.64 bits per heavy atom. The highest BCUT2D eigenvalue weighted by Crippen LogP contribution is 1.91. The average Bonchev–Trinajstić information content (AvgIpc) is 1.97. The first-order chi connectivity index (χ1) is 5.20. The molecule has 3 N–H and O–H groups in total. The van der Waals surface area contributed by atoms with Crippen LogP contribution in [0.2, 0.25) is 0 Å².